The standard InChI is InChI=1S/C12H14ClN3O/c1-3-16-12(14-11(15-16)8-17-2)9-5-4-6-10(13)7-9/h4-7H,3,8H2,1-2H3. The lowest BCUT2D eigenvalue weighted by molar-refractivity contribution is 0.177. The molecule has 0 aliphatic heterocycles. The molecule has 5 heteroatoms. The van der Waals surface area contributed by atoms with Crippen molar-refractivity contribution in [2.24, 2.45) is 0 Å². The zero-order chi connectivity index (χ0) is 12.3. The highest BCUT2D eigenvalue weighted by Crippen LogP contribution is 2.21. The quantitative estimate of drug-likeness (QED) is 0.839. The lowest BCUT2D eigenvalue weighted by atomic mass is 10.2. The summed E-state index contributed by atoms with van der Waals surface area (Å²) in [5, 5.41) is 5.06. The number of nitrogens with zero attached hydrogens (tertiary/aromatic N) is 3. The molecule has 1 aromatic carbocycles. The number of methoxy groups -OCH3 is 1. The van der Waals surface area contributed by atoms with Crippen molar-refractivity contribution >= 4 is 11.6 Å². The van der Waals surface area contributed by atoms with E-state index in [1.165, 1.54) is 0 Å². The van der Waals surface area contributed by atoms with Crippen LogP contribution in [0.2, 0.25) is 5.02 Å². The summed E-state index contributed by atoms with van der Waals surface area (Å²) in [5.74, 6) is 1.51. The Morgan fingerprint density at radius 1 is 1.41 bits per heavy atom. The monoisotopic (exact) mass is 251 g/mol. The maximum absolute atomic E-state index is 5.98. The third kappa shape index (κ3) is 2.65. The van der Waals surface area contributed by atoms with E-state index in [2.05, 4.69) is 10.1 Å². The summed E-state index contributed by atoms with van der Waals surface area (Å²) in [7, 11) is 1.63. The number of hydrogen-bond acceptors (Lipinski definition) is 3. The van der Waals surface area contributed by atoms with Crippen LogP contribution < -0.4 is 0 Å². The Morgan fingerprint density at radius 2 is 2.24 bits per heavy atom. The molecule has 0 saturated carbocycles. The lowest BCUT2D eigenvalue weighted by Crippen LogP contribution is -2.00. The Bertz CT molecular complexity index is 510. The molecule has 0 unspecified atom stereocenters. The van der Waals surface area contributed by atoms with Gasteiger partial charge in [-0.3, -0.25) is 0 Å². The van der Waals surface area contributed by atoms with Gasteiger partial charge in [0.25, 0.3) is 0 Å². The highest BCUT2D eigenvalue weighted by molar-refractivity contribution is 6.30. The molecular formula is C12H14ClN3O. The van der Waals surface area contributed by atoms with Crippen molar-refractivity contribution in [2.45, 2.75) is 20.1 Å². The smallest absolute Gasteiger partial charge is 0.176 e. The van der Waals surface area contributed by atoms with E-state index in [1.807, 2.05) is 35.9 Å². The van der Waals surface area contributed by atoms with Crippen LogP contribution in [-0.2, 0) is 17.9 Å². The Kier molecular flexibility index (Phi) is 3.76. The predicted molar refractivity (Wildman–Crippen MR) is 66.9 cm³/mol. The average molecular weight is 252 g/mol. The normalized spacial score (nSPS) is 10.8. The number of benzene rings is 1. The molecule has 0 radical (unpaired) electrons. The molecule has 17 heavy (non-hydrogen) atoms. The minimum Gasteiger partial charge on any atom is -0.377 e. The van der Waals surface area contributed by atoms with Crippen LogP contribution in [0, 0.1) is 0 Å². The summed E-state index contributed by atoms with van der Waals surface area (Å²) in [4.78, 5) is 4.45. The van der Waals surface area contributed by atoms with Gasteiger partial charge in [0, 0.05) is 24.2 Å². The Morgan fingerprint density at radius 3 is 2.88 bits per heavy atom. The summed E-state index contributed by atoms with van der Waals surface area (Å²) in [5.41, 5.74) is 0.967. The fourth-order valence-corrected chi connectivity index (χ4v) is 1.83. The first-order valence-corrected chi connectivity index (χ1v) is 5.81. The number of hydrogen-bond donors (Lipinski definition) is 0. The topological polar surface area (TPSA) is 39.9 Å². The van der Waals surface area contributed by atoms with Crippen LogP contribution in [0.4, 0.5) is 0 Å². The van der Waals surface area contributed by atoms with Crippen LogP contribution in [0.1, 0.15) is 12.7 Å². The molecule has 4 nitrogen and oxygen atoms in total. The molecule has 90 valence electrons. The molecular weight excluding hydrogens is 238 g/mol. The minimum atomic E-state index is 0.417. The van der Waals surface area contributed by atoms with Crippen molar-refractivity contribution in [1.82, 2.24) is 14.8 Å². The van der Waals surface area contributed by atoms with E-state index < -0.39 is 0 Å². The van der Waals surface area contributed by atoms with E-state index in [9.17, 15) is 0 Å². The molecule has 1 heterocycles. The Labute approximate surface area is 105 Å². The van der Waals surface area contributed by atoms with E-state index in [0.717, 1.165) is 17.9 Å². The molecule has 0 aliphatic rings. The summed E-state index contributed by atoms with van der Waals surface area (Å²) in [6.45, 7) is 3.21. The van der Waals surface area contributed by atoms with Crippen LogP contribution in [0.25, 0.3) is 11.4 Å². The lowest BCUT2D eigenvalue weighted by Gasteiger charge is -2.02. The highest BCUT2D eigenvalue weighted by atomic mass is 35.5. The zero-order valence-corrected chi connectivity index (χ0v) is 10.6. The third-order valence-corrected chi connectivity index (χ3v) is 2.61. The molecule has 0 N–H and O–H groups in total. The van der Waals surface area contributed by atoms with Crippen molar-refractivity contribution in [3.8, 4) is 11.4 Å². The molecule has 1 aromatic heterocycles. The van der Waals surface area contributed by atoms with Gasteiger partial charge in [-0.25, -0.2) is 9.67 Å². The van der Waals surface area contributed by atoms with Gasteiger partial charge in [-0.2, -0.15) is 5.10 Å². The van der Waals surface area contributed by atoms with Gasteiger partial charge in [0.05, 0.1) is 0 Å². The van der Waals surface area contributed by atoms with Crippen LogP contribution in [-0.4, -0.2) is 21.9 Å². The van der Waals surface area contributed by atoms with Gasteiger partial charge in [-0.15, -0.1) is 0 Å². The second-order valence-electron chi connectivity index (χ2n) is 3.61. The second-order valence-corrected chi connectivity index (χ2v) is 4.05. The van der Waals surface area contributed by atoms with Gasteiger partial charge in [-0.1, -0.05) is 23.7 Å². The predicted octanol–water partition coefficient (Wildman–Crippen LogP) is 2.76. The van der Waals surface area contributed by atoms with Crippen molar-refractivity contribution in [1.29, 1.82) is 0 Å². The molecule has 0 spiro atoms. The number of rotatable bonds is 4. The van der Waals surface area contributed by atoms with Gasteiger partial charge in [0.2, 0.25) is 0 Å². The van der Waals surface area contributed by atoms with Gasteiger partial charge >= 0.3 is 0 Å². The molecule has 0 aliphatic carbocycles. The van der Waals surface area contributed by atoms with Crippen molar-refractivity contribution in [3.63, 3.8) is 0 Å². The van der Waals surface area contributed by atoms with Crippen LogP contribution in [0.3, 0.4) is 0 Å². The highest BCUT2D eigenvalue weighted by Gasteiger charge is 2.10. The fourth-order valence-electron chi connectivity index (χ4n) is 1.64. The largest absolute Gasteiger partial charge is 0.377 e. The van der Waals surface area contributed by atoms with E-state index in [4.69, 9.17) is 16.3 Å². The molecule has 0 amide bonds. The summed E-state index contributed by atoms with van der Waals surface area (Å²) >= 11 is 5.98. The number of ether oxygens (including phenoxy) is 1. The van der Waals surface area contributed by atoms with Gasteiger partial charge in [0.15, 0.2) is 11.6 Å². The van der Waals surface area contributed by atoms with Gasteiger partial charge < -0.3 is 4.74 Å². The van der Waals surface area contributed by atoms with Crippen molar-refractivity contribution < 1.29 is 4.74 Å². The summed E-state index contributed by atoms with van der Waals surface area (Å²) in [6.07, 6.45) is 0. The number of aromatic nitrogens is 3. The SMILES string of the molecule is CCn1nc(COC)nc1-c1cccc(Cl)c1. The maximum Gasteiger partial charge on any atom is 0.176 e. The zero-order valence-electron chi connectivity index (χ0n) is 9.85. The van der Waals surface area contributed by atoms with Crippen molar-refractivity contribution in [3.05, 3.63) is 35.1 Å². The first-order chi connectivity index (χ1) is 8.24. The molecule has 0 saturated heterocycles. The van der Waals surface area contributed by atoms with Crippen LogP contribution in [0.15, 0.2) is 24.3 Å². The first-order valence-electron chi connectivity index (χ1n) is 5.43. The minimum absolute atomic E-state index is 0.417. The van der Waals surface area contributed by atoms with E-state index in [-0.39, 0.29) is 0 Å². The summed E-state index contributed by atoms with van der Waals surface area (Å²) < 4.78 is 6.88. The van der Waals surface area contributed by atoms with Gasteiger partial charge in [-0.05, 0) is 19.1 Å². The van der Waals surface area contributed by atoms with Gasteiger partial charge in [0.1, 0.15) is 6.61 Å². The second kappa shape index (κ2) is 5.29. The number of halogens is 1. The average Bonchev–Trinajstić information content (AvgIpc) is 2.73. The molecule has 0 fully saturated rings. The van der Waals surface area contributed by atoms with Crippen molar-refractivity contribution in [2.75, 3.05) is 7.11 Å². The fraction of sp³-hybridized carbons (Fsp3) is 0.333. The van der Waals surface area contributed by atoms with Crippen LogP contribution >= 0.6 is 11.6 Å². The number of aryl methyl sites for hydroxylation is 1. The Hall–Kier alpha value is -1.39. The molecule has 0 bridgehead atoms. The molecule has 2 rings (SSSR count). The molecule has 2 aromatic rings. The summed E-state index contributed by atoms with van der Waals surface area (Å²) in [6, 6.07) is 7.60. The van der Waals surface area contributed by atoms with E-state index in [1.54, 1.807) is 7.11 Å². The Balaban J connectivity index is 2.43. The molecule has 0 atom stereocenters. The maximum atomic E-state index is 5.98. The van der Waals surface area contributed by atoms with E-state index >= 15 is 0 Å². The van der Waals surface area contributed by atoms with E-state index in [0.29, 0.717) is 17.5 Å². The third-order valence-electron chi connectivity index (χ3n) is 2.37. The first kappa shape index (κ1) is 12.1. The van der Waals surface area contributed by atoms with Crippen LogP contribution in [0.5, 0.6) is 0 Å².